The summed E-state index contributed by atoms with van der Waals surface area (Å²) in [5.74, 6) is 1.09. The summed E-state index contributed by atoms with van der Waals surface area (Å²) in [4.78, 5) is 11.5. The van der Waals surface area contributed by atoms with Gasteiger partial charge in [-0.3, -0.25) is 4.79 Å². The van der Waals surface area contributed by atoms with Gasteiger partial charge in [-0.2, -0.15) is 5.21 Å². The Morgan fingerprint density at radius 3 is 3.07 bits per heavy atom. The Labute approximate surface area is 84.9 Å². The van der Waals surface area contributed by atoms with Crippen LogP contribution >= 0.6 is 0 Å². The van der Waals surface area contributed by atoms with E-state index in [2.05, 4.69) is 25.9 Å². The van der Waals surface area contributed by atoms with E-state index < -0.39 is 0 Å². The lowest BCUT2D eigenvalue weighted by Gasteiger charge is -1.97. The number of furan rings is 1. The van der Waals surface area contributed by atoms with Gasteiger partial charge in [-0.05, 0) is 19.1 Å². The molecule has 0 atom stereocenters. The van der Waals surface area contributed by atoms with E-state index in [0.717, 1.165) is 0 Å². The van der Waals surface area contributed by atoms with Crippen LogP contribution in [0, 0.1) is 6.92 Å². The Hall–Kier alpha value is -2.18. The molecule has 0 bridgehead atoms. The third kappa shape index (κ3) is 2.19. The van der Waals surface area contributed by atoms with Gasteiger partial charge < -0.3 is 9.73 Å². The molecule has 7 nitrogen and oxygen atoms in total. The lowest BCUT2D eigenvalue weighted by atomic mass is 10.4. The Bertz CT molecular complexity index is 447. The average Bonchev–Trinajstić information content (AvgIpc) is 2.84. The number of nitrogens with one attached hydrogen (secondary N) is 2. The first-order valence-corrected chi connectivity index (χ1v) is 4.32. The number of tetrazole rings is 1. The molecule has 0 radical (unpaired) electrons. The molecule has 2 rings (SSSR count). The van der Waals surface area contributed by atoms with Crippen LogP contribution in [0.4, 0.5) is 0 Å². The SMILES string of the molecule is Cc1ccc(C(=O)NCc2nn[nH]n2)o1. The van der Waals surface area contributed by atoms with Gasteiger partial charge in [0, 0.05) is 0 Å². The molecule has 2 aromatic rings. The number of carbonyl (C=O) groups is 1. The second-order valence-electron chi connectivity index (χ2n) is 2.92. The van der Waals surface area contributed by atoms with E-state index in [1.54, 1.807) is 19.1 Å². The summed E-state index contributed by atoms with van der Waals surface area (Å²) >= 11 is 0. The number of H-pyrrole nitrogens is 1. The van der Waals surface area contributed by atoms with Gasteiger partial charge in [-0.25, -0.2) is 0 Å². The number of aromatic nitrogens is 4. The Morgan fingerprint density at radius 1 is 1.60 bits per heavy atom. The number of rotatable bonds is 3. The number of carbonyl (C=O) groups excluding carboxylic acids is 1. The van der Waals surface area contributed by atoms with Crippen LogP contribution in [-0.2, 0) is 6.54 Å². The van der Waals surface area contributed by atoms with Gasteiger partial charge in [0.2, 0.25) is 0 Å². The molecule has 2 N–H and O–H groups in total. The molecule has 0 saturated carbocycles. The summed E-state index contributed by atoms with van der Waals surface area (Å²) in [6.07, 6.45) is 0. The fourth-order valence-corrected chi connectivity index (χ4v) is 1.06. The standard InChI is InChI=1S/C8H9N5O2/c1-5-2-3-6(15-5)8(14)9-4-7-10-12-13-11-7/h2-3H,4H2,1H3,(H,9,14)(H,10,11,12,13). The molecule has 15 heavy (non-hydrogen) atoms. The normalized spacial score (nSPS) is 10.2. The molecule has 7 heteroatoms. The fourth-order valence-electron chi connectivity index (χ4n) is 1.06. The Kier molecular flexibility index (Phi) is 2.44. The number of amides is 1. The molecule has 0 saturated heterocycles. The van der Waals surface area contributed by atoms with E-state index in [1.165, 1.54) is 0 Å². The maximum absolute atomic E-state index is 11.5. The van der Waals surface area contributed by atoms with Crippen molar-refractivity contribution in [1.82, 2.24) is 25.9 Å². The van der Waals surface area contributed by atoms with Crippen molar-refractivity contribution in [2.75, 3.05) is 0 Å². The van der Waals surface area contributed by atoms with Gasteiger partial charge in [0.15, 0.2) is 11.6 Å². The van der Waals surface area contributed by atoms with Crippen LogP contribution in [-0.4, -0.2) is 26.5 Å². The topological polar surface area (TPSA) is 96.7 Å². The number of hydrogen-bond donors (Lipinski definition) is 2. The zero-order valence-electron chi connectivity index (χ0n) is 8.02. The zero-order valence-corrected chi connectivity index (χ0v) is 8.02. The maximum Gasteiger partial charge on any atom is 0.287 e. The van der Waals surface area contributed by atoms with Crippen molar-refractivity contribution in [3.63, 3.8) is 0 Å². The third-order valence-corrected chi connectivity index (χ3v) is 1.76. The Morgan fingerprint density at radius 2 is 2.47 bits per heavy atom. The first-order valence-electron chi connectivity index (χ1n) is 4.32. The lowest BCUT2D eigenvalue weighted by Crippen LogP contribution is -2.22. The summed E-state index contributed by atoms with van der Waals surface area (Å²) in [6.45, 7) is 1.99. The molecule has 0 spiro atoms. The molecule has 78 valence electrons. The molecule has 2 aromatic heterocycles. The molecule has 0 aromatic carbocycles. The van der Waals surface area contributed by atoms with Crippen molar-refractivity contribution in [1.29, 1.82) is 0 Å². The van der Waals surface area contributed by atoms with Gasteiger partial charge in [0.25, 0.3) is 5.91 Å². The van der Waals surface area contributed by atoms with Gasteiger partial charge in [-0.1, -0.05) is 5.21 Å². The van der Waals surface area contributed by atoms with E-state index in [4.69, 9.17) is 4.42 Å². The third-order valence-electron chi connectivity index (χ3n) is 1.76. The van der Waals surface area contributed by atoms with E-state index in [1.807, 2.05) is 0 Å². The quantitative estimate of drug-likeness (QED) is 0.740. The molecule has 0 aliphatic rings. The largest absolute Gasteiger partial charge is 0.456 e. The van der Waals surface area contributed by atoms with E-state index in [0.29, 0.717) is 11.6 Å². The fraction of sp³-hybridized carbons (Fsp3) is 0.250. The van der Waals surface area contributed by atoms with Crippen LogP contribution in [0.1, 0.15) is 22.1 Å². The maximum atomic E-state index is 11.5. The smallest absolute Gasteiger partial charge is 0.287 e. The van der Waals surface area contributed by atoms with E-state index >= 15 is 0 Å². The molecule has 0 aliphatic carbocycles. The van der Waals surface area contributed by atoms with Crippen LogP contribution in [0.15, 0.2) is 16.5 Å². The van der Waals surface area contributed by atoms with Crippen LogP contribution in [0.25, 0.3) is 0 Å². The molecule has 1 amide bonds. The minimum absolute atomic E-state index is 0.217. The van der Waals surface area contributed by atoms with Crippen molar-refractivity contribution in [2.24, 2.45) is 0 Å². The van der Waals surface area contributed by atoms with Crippen LogP contribution in [0.2, 0.25) is 0 Å². The first-order chi connectivity index (χ1) is 7.25. The highest BCUT2D eigenvalue weighted by Gasteiger charge is 2.10. The van der Waals surface area contributed by atoms with E-state index in [-0.39, 0.29) is 18.2 Å². The van der Waals surface area contributed by atoms with Crippen molar-refractivity contribution in [3.8, 4) is 0 Å². The predicted molar refractivity (Wildman–Crippen MR) is 48.8 cm³/mol. The summed E-state index contributed by atoms with van der Waals surface area (Å²) in [5, 5.41) is 15.6. The van der Waals surface area contributed by atoms with Crippen molar-refractivity contribution in [2.45, 2.75) is 13.5 Å². The minimum Gasteiger partial charge on any atom is -0.456 e. The number of aromatic amines is 1. The van der Waals surface area contributed by atoms with Crippen LogP contribution in [0.3, 0.4) is 0 Å². The number of aryl methyl sites for hydroxylation is 1. The second kappa shape index (κ2) is 3.91. The summed E-state index contributed by atoms with van der Waals surface area (Å²) < 4.78 is 5.14. The monoisotopic (exact) mass is 207 g/mol. The number of nitrogens with zero attached hydrogens (tertiary/aromatic N) is 3. The highest BCUT2D eigenvalue weighted by molar-refractivity contribution is 5.91. The predicted octanol–water partition coefficient (Wildman–Crippen LogP) is 0.0311. The summed E-state index contributed by atoms with van der Waals surface area (Å²) in [7, 11) is 0. The van der Waals surface area contributed by atoms with Crippen LogP contribution < -0.4 is 5.32 Å². The molecule has 2 heterocycles. The molecule has 0 unspecified atom stereocenters. The molecular formula is C8H9N5O2. The van der Waals surface area contributed by atoms with Crippen molar-refractivity contribution in [3.05, 3.63) is 29.5 Å². The Balaban J connectivity index is 1.93. The average molecular weight is 207 g/mol. The highest BCUT2D eigenvalue weighted by Crippen LogP contribution is 2.05. The van der Waals surface area contributed by atoms with Gasteiger partial charge in [0.1, 0.15) is 5.76 Å². The van der Waals surface area contributed by atoms with Crippen molar-refractivity contribution >= 4 is 5.91 Å². The lowest BCUT2D eigenvalue weighted by molar-refractivity contribution is 0.0921. The summed E-state index contributed by atoms with van der Waals surface area (Å²) in [6, 6.07) is 3.34. The second-order valence-corrected chi connectivity index (χ2v) is 2.92. The molecular weight excluding hydrogens is 198 g/mol. The van der Waals surface area contributed by atoms with E-state index in [9.17, 15) is 4.79 Å². The van der Waals surface area contributed by atoms with Gasteiger partial charge in [0.05, 0.1) is 6.54 Å². The molecule has 0 aliphatic heterocycles. The first kappa shape index (κ1) is 9.38. The summed E-state index contributed by atoms with van der Waals surface area (Å²) in [5.41, 5.74) is 0. The van der Waals surface area contributed by atoms with Gasteiger partial charge >= 0.3 is 0 Å². The highest BCUT2D eigenvalue weighted by atomic mass is 16.3. The number of hydrogen-bond acceptors (Lipinski definition) is 5. The molecule has 0 fully saturated rings. The minimum atomic E-state index is -0.298. The van der Waals surface area contributed by atoms with Crippen molar-refractivity contribution < 1.29 is 9.21 Å². The zero-order chi connectivity index (χ0) is 10.7. The van der Waals surface area contributed by atoms with Crippen LogP contribution in [0.5, 0.6) is 0 Å². The van der Waals surface area contributed by atoms with Gasteiger partial charge in [-0.15, -0.1) is 10.2 Å².